The lowest BCUT2D eigenvalue weighted by Gasteiger charge is -2.11. The van der Waals surface area contributed by atoms with Crippen LogP contribution < -0.4 is 14.9 Å². The first kappa shape index (κ1) is 16.4. The molecule has 0 aliphatic carbocycles. The number of carbonyl (C=O) groups excluding carboxylic acids is 1. The Bertz CT molecular complexity index is 672. The normalized spacial score (nSPS) is 10.3. The highest BCUT2D eigenvalue weighted by Gasteiger charge is 2.06. The summed E-state index contributed by atoms with van der Waals surface area (Å²) < 4.78 is 15.5. The number of ether oxygens (including phenoxy) is 3. The first-order valence-corrected chi connectivity index (χ1v) is 6.94. The maximum absolute atomic E-state index is 10.9. The van der Waals surface area contributed by atoms with E-state index >= 15 is 0 Å². The second kappa shape index (κ2) is 8.43. The third-order valence-corrected chi connectivity index (χ3v) is 2.98. The summed E-state index contributed by atoms with van der Waals surface area (Å²) in [5, 5.41) is 3.78. The van der Waals surface area contributed by atoms with E-state index < -0.39 is 6.09 Å². The number of nitrogens with one attached hydrogen (secondary N) is 1. The average molecular weight is 314 g/mol. The monoisotopic (exact) mass is 314 g/mol. The third-order valence-electron chi connectivity index (χ3n) is 2.98. The molecule has 0 bridgehead atoms. The van der Waals surface area contributed by atoms with Crippen LogP contribution in [-0.2, 0) is 11.3 Å². The fraction of sp³-hybridized carbons (Fsp3) is 0.176. The average Bonchev–Trinajstić information content (AvgIpc) is 2.60. The molecule has 2 aromatic carbocycles. The van der Waals surface area contributed by atoms with E-state index in [0.717, 1.165) is 11.1 Å². The number of methoxy groups -OCH3 is 2. The summed E-state index contributed by atoms with van der Waals surface area (Å²) >= 11 is 0. The predicted octanol–water partition coefficient (Wildman–Crippen LogP) is 2.96. The highest BCUT2D eigenvalue weighted by molar-refractivity contribution is 5.82. The van der Waals surface area contributed by atoms with Gasteiger partial charge in [-0.15, -0.1) is 0 Å². The van der Waals surface area contributed by atoms with Crippen molar-refractivity contribution in [3.8, 4) is 11.5 Å². The largest absolute Gasteiger partial charge is 0.493 e. The molecule has 0 aliphatic heterocycles. The van der Waals surface area contributed by atoms with Crippen LogP contribution in [0.1, 0.15) is 11.1 Å². The summed E-state index contributed by atoms with van der Waals surface area (Å²) in [4.78, 5) is 10.9. The van der Waals surface area contributed by atoms with Crippen molar-refractivity contribution in [3.05, 3.63) is 59.7 Å². The fourth-order valence-corrected chi connectivity index (χ4v) is 1.83. The molecule has 0 radical (unpaired) electrons. The lowest BCUT2D eigenvalue weighted by molar-refractivity contribution is 0.171. The highest BCUT2D eigenvalue weighted by atomic mass is 16.5. The molecular weight excluding hydrogens is 296 g/mol. The molecule has 6 heteroatoms. The standard InChI is InChI=1S/C17H18N2O4/c1-21-15-9-8-14(11-18-19-17(20)22-2)10-16(15)23-12-13-6-4-3-5-7-13/h3-11H,12H2,1-2H3,(H,19,20). The first-order valence-electron chi connectivity index (χ1n) is 6.94. The van der Waals surface area contributed by atoms with Gasteiger partial charge in [-0.3, -0.25) is 0 Å². The molecule has 0 aromatic heterocycles. The van der Waals surface area contributed by atoms with E-state index in [1.54, 1.807) is 25.3 Å². The Labute approximate surface area is 134 Å². The molecule has 0 saturated heterocycles. The van der Waals surface area contributed by atoms with Gasteiger partial charge in [-0.25, -0.2) is 10.2 Å². The number of hydrazone groups is 1. The zero-order valence-corrected chi connectivity index (χ0v) is 13.0. The summed E-state index contributed by atoms with van der Waals surface area (Å²) in [6.45, 7) is 0.429. The van der Waals surface area contributed by atoms with Crippen molar-refractivity contribution in [2.75, 3.05) is 14.2 Å². The van der Waals surface area contributed by atoms with Gasteiger partial charge in [0, 0.05) is 0 Å². The van der Waals surface area contributed by atoms with E-state index in [2.05, 4.69) is 15.3 Å². The lowest BCUT2D eigenvalue weighted by atomic mass is 10.2. The molecule has 0 aliphatic rings. The van der Waals surface area contributed by atoms with Crippen molar-refractivity contribution in [1.29, 1.82) is 0 Å². The van der Waals surface area contributed by atoms with E-state index in [1.807, 2.05) is 30.3 Å². The van der Waals surface area contributed by atoms with Crippen LogP contribution >= 0.6 is 0 Å². The summed E-state index contributed by atoms with van der Waals surface area (Å²) in [6.07, 6.45) is 0.862. The van der Waals surface area contributed by atoms with Crippen LogP contribution in [-0.4, -0.2) is 26.5 Å². The summed E-state index contributed by atoms with van der Waals surface area (Å²) in [7, 11) is 2.85. The molecule has 0 unspecified atom stereocenters. The van der Waals surface area contributed by atoms with Crippen LogP contribution in [0.25, 0.3) is 0 Å². The van der Waals surface area contributed by atoms with E-state index in [-0.39, 0.29) is 0 Å². The van der Waals surface area contributed by atoms with Gasteiger partial charge in [0.1, 0.15) is 6.61 Å². The minimum atomic E-state index is -0.629. The van der Waals surface area contributed by atoms with E-state index in [9.17, 15) is 4.79 Å². The molecule has 120 valence electrons. The van der Waals surface area contributed by atoms with E-state index in [1.165, 1.54) is 13.3 Å². The van der Waals surface area contributed by atoms with Gasteiger partial charge >= 0.3 is 6.09 Å². The molecule has 0 spiro atoms. The third kappa shape index (κ3) is 5.03. The number of nitrogens with zero attached hydrogens (tertiary/aromatic N) is 1. The number of hydrogen-bond donors (Lipinski definition) is 1. The molecule has 2 rings (SSSR count). The number of rotatable bonds is 6. The smallest absolute Gasteiger partial charge is 0.427 e. The molecule has 1 amide bonds. The molecule has 0 fully saturated rings. The molecule has 0 atom stereocenters. The van der Waals surface area contributed by atoms with Gasteiger partial charge in [0.25, 0.3) is 0 Å². The minimum absolute atomic E-state index is 0.429. The fourth-order valence-electron chi connectivity index (χ4n) is 1.83. The molecule has 6 nitrogen and oxygen atoms in total. The number of hydrogen-bond acceptors (Lipinski definition) is 5. The molecule has 2 aromatic rings. The SMILES string of the molecule is COC(=O)NN=Cc1ccc(OC)c(OCc2ccccc2)c1. The van der Waals surface area contributed by atoms with Gasteiger partial charge in [0.05, 0.1) is 20.4 Å². The van der Waals surface area contributed by atoms with Gasteiger partial charge in [-0.05, 0) is 29.3 Å². The summed E-state index contributed by atoms with van der Waals surface area (Å²) in [5.41, 5.74) is 4.03. The number of amides is 1. The van der Waals surface area contributed by atoms with Crippen LogP contribution in [0.5, 0.6) is 11.5 Å². The predicted molar refractivity (Wildman–Crippen MR) is 86.9 cm³/mol. The molecular formula is C17H18N2O4. The Kier molecular flexibility index (Phi) is 5.99. The Balaban J connectivity index is 2.07. The van der Waals surface area contributed by atoms with Gasteiger partial charge in [-0.1, -0.05) is 30.3 Å². The molecule has 0 saturated carbocycles. The maximum atomic E-state index is 10.9. The van der Waals surface area contributed by atoms with Crippen LogP contribution in [0, 0.1) is 0 Å². The van der Waals surface area contributed by atoms with Crippen LogP contribution in [0.3, 0.4) is 0 Å². The lowest BCUT2D eigenvalue weighted by Crippen LogP contribution is -2.16. The van der Waals surface area contributed by atoms with Gasteiger partial charge < -0.3 is 14.2 Å². The van der Waals surface area contributed by atoms with Crippen molar-refractivity contribution in [2.24, 2.45) is 5.10 Å². The molecule has 1 N–H and O–H groups in total. The van der Waals surface area contributed by atoms with Crippen molar-refractivity contribution >= 4 is 12.3 Å². The Morgan fingerprint density at radius 3 is 2.61 bits per heavy atom. The first-order chi connectivity index (χ1) is 11.2. The van der Waals surface area contributed by atoms with Crippen molar-refractivity contribution in [2.45, 2.75) is 6.61 Å². The Hall–Kier alpha value is -3.02. The number of carbonyl (C=O) groups is 1. The van der Waals surface area contributed by atoms with Crippen LogP contribution in [0.2, 0.25) is 0 Å². The van der Waals surface area contributed by atoms with Crippen molar-refractivity contribution in [1.82, 2.24) is 5.43 Å². The Morgan fingerprint density at radius 1 is 1.13 bits per heavy atom. The van der Waals surface area contributed by atoms with Gasteiger partial charge in [0.2, 0.25) is 0 Å². The summed E-state index contributed by atoms with van der Waals surface area (Å²) in [6, 6.07) is 15.2. The van der Waals surface area contributed by atoms with Crippen molar-refractivity contribution in [3.63, 3.8) is 0 Å². The topological polar surface area (TPSA) is 69.2 Å². The van der Waals surface area contributed by atoms with Crippen molar-refractivity contribution < 1.29 is 19.0 Å². The summed E-state index contributed by atoms with van der Waals surface area (Å²) in [5.74, 6) is 1.22. The second-order valence-electron chi connectivity index (χ2n) is 4.55. The zero-order valence-electron chi connectivity index (χ0n) is 13.0. The quantitative estimate of drug-likeness (QED) is 0.657. The van der Waals surface area contributed by atoms with E-state index in [4.69, 9.17) is 9.47 Å². The van der Waals surface area contributed by atoms with E-state index in [0.29, 0.717) is 18.1 Å². The van der Waals surface area contributed by atoms with Crippen LogP contribution in [0.15, 0.2) is 53.6 Å². The van der Waals surface area contributed by atoms with Gasteiger partial charge in [0.15, 0.2) is 11.5 Å². The molecule has 23 heavy (non-hydrogen) atoms. The highest BCUT2D eigenvalue weighted by Crippen LogP contribution is 2.28. The Morgan fingerprint density at radius 2 is 1.91 bits per heavy atom. The number of benzene rings is 2. The van der Waals surface area contributed by atoms with Gasteiger partial charge in [-0.2, -0.15) is 5.10 Å². The minimum Gasteiger partial charge on any atom is -0.493 e. The second-order valence-corrected chi connectivity index (χ2v) is 4.55. The maximum Gasteiger partial charge on any atom is 0.427 e. The molecule has 0 heterocycles. The zero-order chi connectivity index (χ0) is 16.5. The van der Waals surface area contributed by atoms with Crippen LogP contribution in [0.4, 0.5) is 4.79 Å².